The molecule has 0 aliphatic carbocycles. The Morgan fingerprint density at radius 1 is 1.47 bits per heavy atom. The molecule has 1 aromatic heterocycles. The number of amides is 1. The fraction of sp³-hybridized carbons (Fsp3) is 0.429. The Morgan fingerprint density at radius 3 is 3.26 bits per heavy atom. The first kappa shape index (κ1) is 12.2. The molecular weight excluding hydrogens is 242 g/mol. The second-order valence-electron chi connectivity index (χ2n) is 4.87. The first-order chi connectivity index (χ1) is 9.33. The number of hydrogen-bond acceptors (Lipinski definition) is 3. The van der Waals surface area contributed by atoms with Gasteiger partial charge >= 0.3 is 0 Å². The van der Waals surface area contributed by atoms with E-state index in [1.54, 1.807) is 6.20 Å². The van der Waals surface area contributed by atoms with Gasteiger partial charge in [0.1, 0.15) is 0 Å². The Hall–Kier alpha value is -1.88. The minimum absolute atomic E-state index is 0.0642. The third-order valence-electron chi connectivity index (χ3n) is 3.47. The summed E-state index contributed by atoms with van der Waals surface area (Å²) in [7, 11) is 0. The lowest BCUT2D eigenvalue weighted by Gasteiger charge is -2.22. The van der Waals surface area contributed by atoms with E-state index in [-0.39, 0.29) is 12.0 Å². The highest BCUT2D eigenvalue weighted by molar-refractivity contribution is 5.97. The molecule has 1 unspecified atom stereocenters. The molecule has 0 radical (unpaired) electrons. The number of fused-ring (bicyclic) bond motifs is 1. The number of aromatic nitrogens is 2. The quantitative estimate of drug-likeness (QED) is 0.884. The monoisotopic (exact) mass is 259 g/mol. The number of carbonyl (C=O) groups is 1. The van der Waals surface area contributed by atoms with E-state index < -0.39 is 0 Å². The van der Waals surface area contributed by atoms with Crippen molar-refractivity contribution in [3.8, 4) is 0 Å². The second-order valence-corrected chi connectivity index (χ2v) is 4.87. The maximum Gasteiger partial charge on any atom is 0.251 e. The summed E-state index contributed by atoms with van der Waals surface area (Å²) in [5, 5.41) is 10.7. The average molecular weight is 259 g/mol. The van der Waals surface area contributed by atoms with Gasteiger partial charge in [0.05, 0.1) is 17.8 Å². The lowest BCUT2D eigenvalue weighted by molar-refractivity contribution is 0.0169. The molecule has 19 heavy (non-hydrogen) atoms. The zero-order valence-electron chi connectivity index (χ0n) is 10.7. The van der Waals surface area contributed by atoms with Gasteiger partial charge in [-0.1, -0.05) is 6.07 Å². The maximum absolute atomic E-state index is 12.1. The summed E-state index contributed by atoms with van der Waals surface area (Å²) in [4.78, 5) is 12.1. The van der Waals surface area contributed by atoms with Gasteiger partial charge in [0, 0.05) is 24.1 Å². The van der Waals surface area contributed by atoms with Crippen LogP contribution in [0.15, 0.2) is 24.4 Å². The van der Waals surface area contributed by atoms with Gasteiger partial charge in [0.25, 0.3) is 5.91 Å². The van der Waals surface area contributed by atoms with Crippen molar-refractivity contribution in [2.45, 2.75) is 25.4 Å². The van der Waals surface area contributed by atoms with Crippen LogP contribution in [0.4, 0.5) is 0 Å². The highest BCUT2D eigenvalue weighted by atomic mass is 16.5. The summed E-state index contributed by atoms with van der Waals surface area (Å²) in [6, 6.07) is 5.53. The van der Waals surface area contributed by atoms with Gasteiger partial charge in [-0.15, -0.1) is 0 Å². The summed E-state index contributed by atoms with van der Waals surface area (Å²) < 4.78 is 5.59. The average Bonchev–Trinajstić information content (AvgIpc) is 2.93. The number of rotatable bonds is 3. The van der Waals surface area contributed by atoms with Crippen LogP contribution in [-0.2, 0) is 4.74 Å². The lowest BCUT2D eigenvalue weighted by atomic mass is 10.1. The van der Waals surface area contributed by atoms with E-state index in [1.807, 2.05) is 18.2 Å². The van der Waals surface area contributed by atoms with Crippen molar-refractivity contribution >= 4 is 16.8 Å². The predicted octanol–water partition coefficient (Wildman–Crippen LogP) is 1.86. The van der Waals surface area contributed by atoms with E-state index in [0.717, 1.165) is 30.4 Å². The Bertz CT molecular complexity index is 573. The van der Waals surface area contributed by atoms with Crippen LogP contribution in [0.25, 0.3) is 10.9 Å². The molecule has 3 rings (SSSR count). The number of carbonyl (C=O) groups excluding carboxylic acids is 1. The summed E-state index contributed by atoms with van der Waals surface area (Å²) in [5.74, 6) is -0.0642. The highest BCUT2D eigenvalue weighted by Gasteiger charge is 2.15. The van der Waals surface area contributed by atoms with Crippen LogP contribution >= 0.6 is 0 Å². The molecule has 5 heteroatoms. The molecule has 1 amide bonds. The lowest BCUT2D eigenvalue weighted by Crippen LogP contribution is -2.35. The molecule has 1 fully saturated rings. The first-order valence-corrected chi connectivity index (χ1v) is 6.66. The molecule has 100 valence electrons. The van der Waals surface area contributed by atoms with Crippen molar-refractivity contribution in [1.82, 2.24) is 15.5 Å². The molecule has 1 saturated heterocycles. The van der Waals surface area contributed by atoms with Crippen molar-refractivity contribution in [2.75, 3.05) is 13.2 Å². The van der Waals surface area contributed by atoms with Crippen molar-refractivity contribution in [3.05, 3.63) is 30.0 Å². The zero-order chi connectivity index (χ0) is 13.1. The molecule has 0 bridgehead atoms. The molecule has 1 aliphatic heterocycles. The van der Waals surface area contributed by atoms with Crippen molar-refractivity contribution in [1.29, 1.82) is 0 Å². The molecular formula is C14H17N3O2. The third kappa shape index (κ3) is 2.76. The van der Waals surface area contributed by atoms with Gasteiger partial charge in [0.2, 0.25) is 0 Å². The normalized spacial score (nSPS) is 19.5. The van der Waals surface area contributed by atoms with E-state index in [0.29, 0.717) is 12.1 Å². The Labute approximate surface area is 111 Å². The van der Waals surface area contributed by atoms with Crippen LogP contribution < -0.4 is 5.32 Å². The number of aromatic amines is 1. The smallest absolute Gasteiger partial charge is 0.251 e. The summed E-state index contributed by atoms with van der Waals surface area (Å²) >= 11 is 0. The molecule has 0 saturated carbocycles. The van der Waals surface area contributed by atoms with Crippen LogP contribution in [0.5, 0.6) is 0 Å². The third-order valence-corrected chi connectivity index (χ3v) is 3.47. The number of ether oxygens (including phenoxy) is 1. The van der Waals surface area contributed by atoms with E-state index in [2.05, 4.69) is 15.5 Å². The molecule has 1 aliphatic rings. The standard InChI is InChI=1S/C14H17N3O2/c18-14(15-9-12-3-1-2-6-19-12)10-4-5-11-8-16-17-13(11)7-10/h4-5,7-8,12H,1-3,6,9H2,(H,15,18)(H,16,17). The van der Waals surface area contributed by atoms with Gasteiger partial charge in [-0.3, -0.25) is 9.89 Å². The fourth-order valence-corrected chi connectivity index (χ4v) is 2.36. The molecule has 0 spiro atoms. The number of nitrogens with one attached hydrogen (secondary N) is 2. The summed E-state index contributed by atoms with van der Waals surface area (Å²) in [6.45, 7) is 1.39. The van der Waals surface area contributed by atoms with Crippen molar-refractivity contribution in [3.63, 3.8) is 0 Å². The highest BCUT2D eigenvalue weighted by Crippen LogP contribution is 2.14. The number of benzene rings is 1. The minimum atomic E-state index is -0.0642. The first-order valence-electron chi connectivity index (χ1n) is 6.66. The molecule has 2 N–H and O–H groups in total. The van der Waals surface area contributed by atoms with Gasteiger partial charge in [-0.25, -0.2) is 0 Å². The van der Waals surface area contributed by atoms with Crippen molar-refractivity contribution < 1.29 is 9.53 Å². The maximum atomic E-state index is 12.1. The zero-order valence-corrected chi connectivity index (χ0v) is 10.7. The second kappa shape index (κ2) is 5.40. The van der Waals surface area contributed by atoms with Crippen LogP contribution in [0.3, 0.4) is 0 Å². The van der Waals surface area contributed by atoms with Crippen LogP contribution in [0.1, 0.15) is 29.6 Å². The topological polar surface area (TPSA) is 67.0 Å². The van der Waals surface area contributed by atoms with Gasteiger partial charge in [-0.05, 0) is 31.4 Å². The molecule has 2 aromatic rings. The van der Waals surface area contributed by atoms with E-state index in [4.69, 9.17) is 4.74 Å². The molecule has 5 nitrogen and oxygen atoms in total. The van der Waals surface area contributed by atoms with Crippen LogP contribution in [-0.4, -0.2) is 35.4 Å². The number of H-pyrrole nitrogens is 1. The fourth-order valence-electron chi connectivity index (χ4n) is 2.36. The molecule has 1 atom stereocenters. The molecule has 2 heterocycles. The van der Waals surface area contributed by atoms with Crippen molar-refractivity contribution in [2.24, 2.45) is 0 Å². The predicted molar refractivity (Wildman–Crippen MR) is 72.0 cm³/mol. The molecule has 1 aromatic carbocycles. The largest absolute Gasteiger partial charge is 0.376 e. The summed E-state index contributed by atoms with van der Waals surface area (Å²) in [6.07, 6.45) is 5.24. The number of nitrogens with zero attached hydrogens (tertiary/aromatic N) is 1. The van der Waals surface area contributed by atoms with Gasteiger partial charge in [0.15, 0.2) is 0 Å². The Balaban J connectivity index is 1.62. The Kier molecular flexibility index (Phi) is 3.46. The van der Waals surface area contributed by atoms with Crippen LogP contribution in [0, 0.1) is 0 Å². The summed E-state index contributed by atoms with van der Waals surface area (Å²) in [5.41, 5.74) is 1.52. The number of hydrogen-bond donors (Lipinski definition) is 2. The van der Waals surface area contributed by atoms with E-state index in [9.17, 15) is 4.79 Å². The minimum Gasteiger partial charge on any atom is -0.376 e. The Morgan fingerprint density at radius 2 is 2.42 bits per heavy atom. The van der Waals surface area contributed by atoms with Crippen LogP contribution in [0.2, 0.25) is 0 Å². The SMILES string of the molecule is O=C(NCC1CCCCO1)c1ccc2cn[nH]c2c1. The van der Waals surface area contributed by atoms with Gasteiger partial charge < -0.3 is 10.1 Å². The van der Waals surface area contributed by atoms with E-state index in [1.165, 1.54) is 6.42 Å². The van der Waals surface area contributed by atoms with Gasteiger partial charge in [-0.2, -0.15) is 5.10 Å². The van der Waals surface area contributed by atoms with E-state index >= 15 is 0 Å².